The molecule has 3 nitrogen and oxygen atoms in total. The van der Waals surface area contributed by atoms with Crippen LogP contribution in [-0.4, -0.2) is 20.1 Å². The molecule has 0 aromatic heterocycles. The van der Waals surface area contributed by atoms with Crippen LogP contribution in [0.1, 0.15) is 13.8 Å². The molecule has 10 heavy (non-hydrogen) atoms. The highest BCUT2D eigenvalue weighted by molar-refractivity contribution is 7.89. The molecule has 0 aliphatic carbocycles. The zero-order valence-electron chi connectivity index (χ0n) is 6.09. The van der Waals surface area contributed by atoms with Crippen LogP contribution in [0.3, 0.4) is 0 Å². The second-order valence-corrected chi connectivity index (χ2v) is 4.99. The topological polar surface area (TPSA) is 60.2 Å². The summed E-state index contributed by atoms with van der Waals surface area (Å²) >= 11 is 5.48. The van der Waals surface area contributed by atoms with E-state index in [9.17, 15) is 8.42 Å². The van der Waals surface area contributed by atoms with Crippen molar-refractivity contribution < 1.29 is 8.42 Å². The van der Waals surface area contributed by atoms with E-state index in [4.69, 9.17) is 16.7 Å². The smallest absolute Gasteiger partial charge is 0.209 e. The monoisotopic (exact) mass is 185 g/mol. The molecule has 0 spiro atoms. The summed E-state index contributed by atoms with van der Waals surface area (Å²) in [5, 5.41) is 4.81. The molecule has 0 heterocycles. The lowest BCUT2D eigenvalue weighted by atomic mass is 10.0. The Morgan fingerprint density at radius 2 is 1.90 bits per heavy atom. The van der Waals surface area contributed by atoms with Gasteiger partial charge in [-0.1, -0.05) is 13.8 Å². The predicted octanol–water partition coefficient (Wildman–Crippen LogP) is 0.540. The average molecular weight is 186 g/mol. The van der Waals surface area contributed by atoms with Crippen molar-refractivity contribution in [3.8, 4) is 0 Å². The van der Waals surface area contributed by atoms with Gasteiger partial charge in [-0.3, -0.25) is 0 Å². The maximum absolute atomic E-state index is 10.5. The van der Waals surface area contributed by atoms with Crippen molar-refractivity contribution in [3.05, 3.63) is 0 Å². The van der Waals surface area contributed by atoms with Crippen LogP contribution < -0.4 is 5.14 Å². The minimum absolute atomic E-state index is 0.0660. The average Bonchev–Trinajstić information content (AvgIpc) is 1.60. The van der Waals surface area contributed by atoms with E-state index < -0.39 is 15.4 Å². The zero-order chi connectivity index (χ0) is 8.41. The molecule has 0 aromatic carbocycles. The number of hydrogen-bond donors (Lipinski definition) is 1. The zero-order valence-corrected chi connectivity index (χ0v) is 7.67. The first-order valence-electron chi connectivity index (χ1n) is 2.83. The lowest BCUT2D eigenvalue weighted by Gasteiger charge is -2.18. The van der Waals surface area contributed by atoms with Crippen LogP contribution in [0.15, 0.2) is 0 Å². The van der Waals surface area contributed by atoms with Crippen molar-refractivity contribution in [2.24, 2.45) is 10.6 Å². The van der Waals surface area contributed by atoms with Crippen LogP contribution in [0, 0.1) is 5.41 Å². The van der Waals surface area contributed by atoms with Crippen LogP contribution in [0.25, 0.3) is 0 Å². The highest BCUT2D eigenvalue weighted by Gasteiger charge is 2.22. The van der Waals surface area contributed by atoms with Crippen molar-refractivity contribution >= 4 is 21.6 Å². The summed E-state index contributed by atoms with van der Waals surface area (Å²) in [6, 6.07) is 0. The van der Waals surface area contributed by atoms with Crippen LogP contribution >= 0.6 is 11.6 Å². The lowest BCUT2D eigenvalue weighted by molar-refractivity contribution is 0.468. The number of hydrogen-bond acceptors (Lipinski definition) is 2. The van der Waals surface area contributed by atoms with Gasteiger partial charge in [0.25, 0.3) is 0 Å². The number of nitrogens with two attached hydrogens (primary N) is 1. The SMILES string of the molecule is CC(C)(CCl)CS(N)(=O)=O. The van der Waals surface area contributed by atoms with Gasteiger partial charge in [0.15, 0.2) is 0 Å². The highest BCUT2D eigenvalue weighted by atomic mass is 35.5. The molecule has 2 N–H and O–H groups in total. The molecule has 0 amide bonds. The van der Waals surface area contributed by atoms with Gasteiger partial charge < -0.3 is 0 Å². The molecular weight excluding hydrogens is 174 g/mol. The quantitative estimate of drug-likeness (QED) is 0.653. The fourth-order valence-corrected chi connectivity index (χ4v) is 1.98. The third kappa shape index (κ3) is 5.02. The van der Waals surface area contributed by atoms with E-state index in [1.54, 1.807) is 13.8 Å². The number of rotatable bonds is 3. The van der Waals surface area contributed by atoms with E-state index in [1.807, 2.05) is 0 Å². The fraction of sp³-hybridized carbons (Fsp3) is 1.00. The number of halogens is 1. The van der Waals surface area contributed by atoms with Crippen molar-refractivity contribution in [3.63, 3.8) is 0 Å². The van der Waals surface area contributed by atoms with Crippen molar-refractivity contribution in [1.82, 2.24) is 0 Å². The normalized spacial score (nSPS) is 13.6. The molecule has 5 heteroatoms. The van der Waals surface area contributed by atoms with Gasteiger partial charge in [0.1, 0.15) is 0 Å². The van der Waals surface area contributed by atoms with Crippen LogP contribution in [0.4, 0.5) is 0 Å². The fourth-order valence-electron chi connectivity index (χ4n) is 0.583. The summed E-state index contributed by atoms with van der Waals surface area (Å²) in [5.74, 6) is 0.229. The Kier molecular flexibility index (Phi) is 3.13. The molecule has 0 radical (unpaired) electrons. The van der Waals surface area contributed by atoms with E-state index in [1.165, 1.54) is 0 Å². The minimum atomic E-state index is -3.38. The molecule has 0 aromatic rings. The second kappa shape index (κ2) is 3.07. The van der Waals surface area contributed by atoms with Gasteiger partial charge in [0.2, 0.25) is 10.0 Å². The maximum atomic E-state index is 10.5. The largest absolute Gasteiger partial charge is 0.229 e. The first kappa shape index (κ1) is 10.2. The van der Waals surface area contributed by atoms with Gasteiger partial charge >= 0.3 is 0 Å². The molecule has 0 saturated carbocycles. The first-order chi connectivity index (χ1) is 4.27. The number of primary sulfonamides is 1. The number of sulfonamides is 1. The highest BCUT2D eigenvalue weighted by Crippen LogP contribution is 2.17. The molecule has 0 unspecified atom stereocenters. The molecular formula is C5H12ClNO2S. The first-order valence-corrected chi connectivity index (χ1v) is 5.08. The summed E-state index contributed by atoms with van der Waals surface area (Å²) in [5.41, 5.74) is -0.421. The van der Waals surface area contributed by atoms with E-state index in [2.05, 4.69) is 0 Å². The maximum Gasteiger partial charge on any atom is 0.209 e. The molecule has 0 rings (SSSR count). The molecule has 0 aliphatic heterocycles. The summed E-state index contributed by atoms with van der Waals surface area (Å²) in [6.45, 7) is 3.51. The number of alkyl halides is 1. The third-order valence-electron chi connectivity index (χ3n) is 0.954. The Morgan fingerprint density at radius 1 is 1.50 bits per heavy atom. The van der Waals surface area contributed by atoms with E-state index in [0.717, 1.165) is 0 Å². The van der Waals surface area contributed by atoms with Crippen molar-refractivity contribution in [2.75, 3.05) is 11.6 Å². The van der Waals surface area contributed by atoms with Gasteiger partial charge in [-0.15, -0.1) is 11.6 Å². The molecule has 0 atom stereocenters. The van der Waals surface area contributed by atoms with Gasteiger partial charge in [-0.2, -0.15) is 0 Å². The van der Waals surface area contributed by atoms with Crippen molar-refractivity contribution in [2.45, 2.75) is 13.8 Å². The summed E-state index contributed by atoms with van der Waals surface area (Å²) in [7, 11) is -3.38. The lowest BCUT2D eigenvalue weighted by Crippen LogP contribution is -2.30. The molecule has 0 saturated heterocycles. The minimum Gasteiger partial charge on any atom is -0.229 e. The Hall–Kier alpha value is 0.200. The van der Waals surface area contributed by atoms with E-state index in [0.29, 0.717) is 5.88 Å². The van der Waals surface area contributed by atoms with Crippen LogP contribution in [0.2, 0.25) is 0 Å². The van der Waals surface area contributed by atoms with Gasteiger partial charge in [-0.05, 0) is 5.41 Å². The van der Waals surface area contributed by atoms with Crippen LogP contribution in [0.5, 0.6) is 0 Å². The van der Waals surface area contributed by atoms with Crippen LogP contribution in [-0.2, 0) is 10.0 Å². The second-order valence-electron chi connectivity index (χ2n) is 3.11. The summed E-state index contributed by atoms with van der Waals surface area (Å²) in [4.78, 5) is 0. The molecule has 62 valence electrons. The molecule has 0 bridgehead atoms. The van der Waals surface area contributed by atoms with Crippen molar-refractivity contribution in [1.29, 1.82) is 0 Å². The summed E-state index contributed by atoms with van der Waals surface area (Å²) in [6.07, 6.45) is 0. The van der Waals surface area contributed by atoms with Gasteiger partial charge in [0, 0.05) is 5.88 Å². The summed E-state index contributed by atoms with van der Waals surface area (Å²) < 4.78 is 21.0. The Morgan fingerprint density at radius 3 is 2.00 bits per heavy atom. The standard InChI is InChI=1S/C5H12ClNO2S/c1-5(2,3-6)4-10(7,8)9/h3-4H2,1-2H3,(H2,7,8,9). The Labute approximate surface area is 66.6 Å². The third-order valence-corrected chi connectivity index (χ3v) is 2.86. The van der Waals surface area contributed by atoms with E-state index >= 15 is 0 Å². The molecule has 0 fully saturated rings. The predicted molar refractivity (Wildman–Crippen MR) is 42.5 cm³/mol. The van der Waals surface area contributed by atoms with Gasteiger partial charge in [-0.25, -0.2) is 13.6 Å². The Balaban J connectivity index is 4.16. The molecule has 0 aliphatic rings. The van der Waals surface area contributed by atoms with Gasteiger partial charge in [0.05, 0.1) is 5.75 Å². The van der Waals surface area contributed by atoms with E-state index in [-0.39, 0.29) is 5.75 Å². The Bertz CT molecular complexity index is 198.